The van der Waals surface area contributed by atoms with Crippen molar-refractivity contribution in [2.24, 2.45) is 11.3 Å². The fourth-order valence-electron chi connectivity index (χ4n) is 2.28. The normalized spacial score (nSPS) is 22.9. The van der Waals surface area contributed by atoms with E-state index in [1.54, 1.807) is 0 Å². The van der Waals surface area contributed by atoms with Crippen LogP contribution in [0.1, 0.15) is 39.4 Å². The van der Waals surface area contributed by atoms with Gasteiger partial charge in [-0.3, -0.25) is 0 Å². The molecule has 2 nitrogen and oxygen atoms in total. The Balaban J connectivity index is 2.20. The van der Waals surface area contributed by atoms with E-state index < -0.39 is 0 Å². The Morgan fingerprint density at radius 1 is 1.43 bits per heavy atom. The summed E-state index contributed by atoms with van der Waals surface area (Å²) in [6.45, 7) is 8.19. The smallest absolute Gasteiger partial charge is 0.108 e. The first-order valence-corrected chi connectivity index (χ1v) is 5.57. The standard InChI is InChI=1S/C12H20N2/c1-12(2,3)10-5-4-6-11-13-7-8-14(11)9-10/h7-8,10H,4-6,9H2,1-3H3. The van der Waals surface area contributed by atoms with Gasteiger partial charge in [0.15, 0.2) is 0 Å². The van der Waals surface area contributed by atoms with Gasteiger partial charge in [-0.2, -0.15) is 0 Å². The minimum atomic E-state index is 0.422. The zero-order valence-electron chi connectivity index (χ0n) is 9.45. The highest BCUT2D eigenvalue weighted by Gasteiger charge is 2.27. The number of fused-ring (bicyclic) bond motifs is 1. The third kappa shape index (κ3) is 1.84. The first-order valence-electron chi connectivity index (χ1n) is 5.57. The zero-order valence-corrected chi connectivity index (χ0v) is 9.45. The third-order valence-corrected chi connectivity index (χ3v) is 3.40. The molecule has 14 heavy (non-hydrogen) atoms. The van der Waals surface area contributed by atoms with Gasteiger partial charge in [0, 0.05) is 25.4 Å². The van der Waals surface area contributed by atoms with Crippen LogP contribution in [0.3, 0.4) is 0 Å². The van der Waals surface area contributed by atoms with Gasteiger partial charge in [0.2, 0.25) is 0 Å². The van der Waals surface area contributed by atoms with Gasteiger partial charge in [-0.05, 0) is 24.2 Å². The molecule has 0 radical (unpaired) electrons. The SMILES string of the molecule is CC(C)(C)C1CCCc2nccn2C1. The van der Waals surface area contributed by atoms with Crippen molar-refractivity contribution in [3.05, 3.63) is 18.2 Å². The lowest BCUT2D eigenvalue weighted by Gasteiger charge is -2.30. The molecule has 1 unspecified atom stereocenters. The maximum atomic E-state index is 4.40. The molecule has 1 aliphatic heterocycles. The number of rotatable bonds is 0. The molecule has 1 atom stereocenters. The molecule has 2 heterocycles. The molecule has 0 bridgehead atoms. The third-order valence-electron chi connectivity index (χ3n) is 3.40. The van der Waals surface area contributed by atoms with Crippen LogP contribution >= 0.6 is 0 Å². The second-order valence-electron chi connectivity index (χ2n) is 5.45. The molecule has 0 aliphatic carbocycles. The number of imidazole rings is 1. The van der Waals surface area contributed by atoms with Crippen LogP contribution in [0.15, 0.2) is 12.4 Å². The average molecular weight is 192 g/mol. The van der Waals surface area contributed by atoms with Gasteiger partial charge in [-0.25, -0.2) is 4.98 Å². The van der Waals surface area contributed by atoms with Crippen LogP contribution in [-0.2, 0) is 13.0 Å². The number of hydrogen-bond acceptors (Lipinski definition) is 1. The number of aryl methyl sites for hydroxylation is 1. The first-order chi connectivity index (χ1) is 6.57. The minimum Gasteiger partial charge on any atom is -0.335 e. The molecule has 0 N–H and O–H groups in total. The molecular weight excluding hydrogens is 172 g/mol. The predicted molar refractivity (Wildman–Crippen MR) is 58.1 cm³/mol. The molecule has 0 fully saturated rings. The van der Waals surface area contributed by atoms with E-state index in [-0.39, 0.29) is 0 Å². The van der Waals surface area contributed by atoms with Crippen molar-refractivity contribution in [1.29, 1.82) is 0 Å². The topological polar surface area (TPSA) is 17.8 Å². The highest BCUT2D eigenvalue weighted by molar-refractivity contribution is 4.96. The van der Waals surface area contributed by atoms with Crippen molar-refractivity contribution >= 4 is 0 Å². The summed E-state index contributed by atoms with van der Waals surface area (Å²) in [5.41, 5.74) is 0.422. The highest BCUT2D eigenvalue weighted by atomic mass is 15.1. The summed E-state index contributed by atoms with van der Waals surface area (Å²) in [7, 11) is 0. The van der Waals surface area contributed by atoms with Crippen LogP contribution in [0, 0.1) is 11.3 Å². The van der Waals surface area contributed by atoms with E-state index in [2.05, 4.69) is 36.5 Å². The molecule has 0 spiro atoms. The van der Waals surface area contributed by atoms with Crippen molar-refractivity contribution in [1.82, 2.24) is 9.55 Å². The summed E-state index contributed by atoms with van der Waals surface area (Å²) < 4.78 is 2.34. The van der Waals surface area contributed by atoms with Crippen LogP contribution < -0.4 is 0 Å². The van der Waals surface area contributed by atoms with Crippen LogP contribution in [0.5, 0.6) is 0 Å². The van der Waals surface area contributed by atoms with Crippen molar-refractivity contribution in [3.63, 3.8) is 0 Å². The van der Waals surface area contributed by atoms with E-state index in [0.717, 1.165) is 18.9 Å². The van der Waals surface area contributed by atoms with Crippen LogP contribution in [-0.4, -0.2) is 9.55 Å². The summed E-state index contributed by atoms with van der Waals surface area (Å²) in [5.74, 6) is 2.06. The molecule has 2 heteroatoms. The fourth-order valence-corrected chi connectivity index (χ4v) is 2.28. The maximum Gasteiger partial charge on any atom is 0.108 e. The lowest BCUT2D eigenvalue weighted by molar-refractivity contribution is 0.202. The summed E-state index contributed by atoms with van der Waals surface area (Å²) in [5, 5.41) is 0. The molecule has 2 rings (SSSR count). The van der Waals surface area contributed by atoms with E-state index in [1.165, 1.54) is 18.7 Å². The molecule has 0 amide bonds. The van der Waals surface area contributed by atoms with Gasteiger partial charge >= 0.3 is 0 Å². The van der Waals surface area contributed by atoms with Crippen LogP contribution in [0.2, 0.25) is 0 Å². The van der Waals surface area contributed by atoms with E-state index in [1.807, 2.05) is 6.20 Å². The molecule has 78 valence electrons. The Bertz CT molecular complexity index is 306. The summed E-state index contributed by atoms with van der Waals surface area (Å²) in [6.07, 6.45) is 7.84. The van der Waals surface area contributed by atoms with Gasteiger partial charge in [0.05, 0.1) is 0 Å². The number of hydrogen-bond donors (Lipinski definition) is 0. The zero-order chi connectivity index (χ0) is 10.2. The van der Waals surface area contributed by atoms with E-state index in [4.69, 9.17) is 0 Å². The molecule has 0 aromatic carbocycles. The molecule has 1 aliphatic rings. The Labute approximate surface area is 86.3 Å². The second kappa shape index (κ2) is 3.41. The Hall–Kier alpha value is -0.790. The molecule has 0 saturated heterocycles. The van der Waals surface area contributed by atoms with E-state index in [9.17, 15) is 0 Å². The summed E-state index contributed by atoms with van der Waals surface area (Å²) in [6, 6.07) is 0. The van der Waals surface area contributed by atoms with Gasteiger partial charge < -0.3 is 4.57 Å². The van der Waals surface area contributed by atoms with Crippen molar-refractivity contribution in [3.8, 4) is 0 Å². The lowest BCUT2D eigenvalue weighted by Crippen LogP contribution is -2.24. The second-order valence-corrected chi connectivity index (χ2v) is 5.45. The minimum absolute atomic E-state index is 0.422. The number of nitrogens with zero attached hydrogens (tertiary/aromatic N) is 2. The molecule has 0 saturated carbocycles. The summed E-state index contributed by atoms with van der Waals surface area (Å²) in [4.78, 5) is 4.40. The molecule has 1 aromatic rings. The van der Waals surface area contributed by atoms with Gasteiger partial charge in [-0.1, -0.05) is 20.8 Å². The van der Waals surface area contributed by atoms with Crippen molar-refractivity contribution in [2.45, 2.75) is 46.6 Å². The average Bonchev–Trinajstić information content (AvgIpc) is 2.41. The van der Waals surface area contributed by atoms with E-state index in [0.29, 0.717) is 5.41 Å². The van der Waals surface area contributed by atoms with Crippen LogP contribution in [0.4, 0.5) is 0 Å². The predicted octanol–water partition coefficient (Wildman–Crippen LogP) is 2.88. The molecule has 1 aromatic heterocycles. The van der Waals surface area contributed by atoms with Gasteiger partial charge in [0.1, 0.15) is 5.82 Å². The largest absolute Gasteiger partial charge is 0.335 e. The first kappa shape index (κ1) is 9.75. The maximum absolute atomic E-state index is 4.40. The Morgan fingerprint density at radius 2 is 2.21 bits per heavy atom. The number of aromatic nitrogens is 2. The Kier molecular flexibility index (Phi) is 2.38. The van der Waals surface area contributed by atoms with Gasteiger partial charge in [0.25, 0.3) is 0 Å². The Morgan fingerprint density at radius 3 is 2.93 bits per heavy atom. The molecular formula is C12H20N2. The lowest BCUT2D eigenvalue weighted by atomic mass is 9.78. The van der Waals surface area contributed by atoms with Gasteiger partial charge in [-0.15, -0.1) is 0 Å². The van der Waals surface area contributed by atoms with Crippen molar-refractivity contribution < 1.29 is 0 Å². The van der Waals surface area contributed by atoms with E-state index >= 15 is 0 Å². The van der Waals surface area contributed by atoms with Crippen LogP contribution in [0.25, 0.3) is 0 Å². The quantitative estimate of drug-likeness (QED) is 0.618. The fraction of sp³-hybridized carbons (Fsp3) is 0.750. The van der Waals surface area contributed by atoms with Crippen molar-refractivity contribution in [2.75, 3.05) is 0 Å². The monoisotopic (exact) mass is 192 g/mol. The highest BCUT2D eigenvalue weighted by Crippen LogP contribution is 2.33. The summed E-state index contributed by atoms with van der Waals surface area (Å²) >= 11 is 0.